The highest BCUT2D eigenvalue weighted by molar-refractivity contribution is 6.61. The maximum atomic E-state index is 9.86. The lowest BCUT2D eigenvalue weighted by Gasteiger charge is -1.95. The van der Waals surface area contributed by atoms with Gasteiger partial charge < -0.3 is 4.74 Å². The van der Waals surface area contributed by atoms with Crippen LogP contribution in [0.3, 0.4) is 0 Å². The third-order valence-corrected chi connectivity index (χ3v) is 0.590. The summed E-state index contributed by atoms with van der Waals surface area (Å²) in [5.74, 6) is 0.109. The van der Waals surface area contributed by atoms with Crippen LogP contribution in [-0.4, -0.2) is 12.0 Å². The Morgan fingerprint density at radius 3 is 2.62 bits per heavy atom. The average molecular weight is 136 g/mol. The molecular weight excluding hydrogens is 128 g/mol. The van der Waals surface area contributed by atoms with Crippen LogP contribution in [0.2, 0.25) is 0 Å². The van der Waals surface area contributed by atoms with Crippen molar-refractivity contribution in [2.45, 2.75) is 6.92 Å². The summed E-state index contributed by atoms with van der Waals surface area (Å²) in [6.07, 6.45) is 0. The molecule has 1 unspecified atom stereocenters. The topological polar surface area (TPSA) is 26.3 Å². The fourth-order valence-corrected chi connectivity index (χ4v) is 0.271. The van der Waals surface area contributed by atoms with Crippen molar-refractivity contribution in [3.8, 4) is 0 Å². The van der Waals surface area contributed by atoms with Crippen molar-refractivity contribution >= 4 is 17.0 Å². The number of hydrogen-bond donors (Lipinski definition) is 0. The normalized spacial score (nSPS) is 12.8. The van der Waals surface area contributed by atoms with E-state index in [1.165, 1.54) is 0 Å². The molecule has 0 saturated carbocycles. The molecule has 0 aliphatic carbocycles. The van der Waals surface area contributed by atoms with Gasteiger partial charge in [0, 0.05) is 11.6 Å². The van der Waals surface area contributed by atoms with Crippen molar-refractivity contribution in [1.82, 2.24) is 0 Å². The predicted molar refractivity (Wildman–Crippen MR) is 31.7 cm³/mol. The maximum Gasteiger partial charge on any atom is 0.403 e. The summed E-state index contributed by atoms with van der Waals surface area (Å²) < 4.78 is 4.37. The zero-order valence-corrected chi connectivity index (χ0v) is 5.44. The van der Waals surface area contributed by atoms with E-state index in [4.69, 9.17) is 11.6 Å². The SMILES string of the molecule is [CH2+]C(C)COC(=O)Cl. The van der Waals surface area contributed by atoms with Crippen LogP contribution in [0.4, 0.5) is 4.79 Å². The molecule has 0 fully saturated rings. The molecule has 0 amide bonds. The number of ether oxygens (including phenoxy) is 1. The fraction of sp³-hybridized carbons (Fsp3) is 0.600. The van der Waals surface area contributed by atoms with Gasteiger partial charge in [-0.3, -0.25) is 0 Å². The molecule has 0 bridgehead atoms. The maximum absolute atomic E-state index is 9.86. The minimum Gasteiger partial charge on any atom is -0.449 e. The molecule has 8 heavy (non-hydrogen) atoms. The number of carbonyl (C=O) groups excluding carboxylic acids is 1. The van der Waals surface area contributed by atoms with Crippen LogP contribution in [0.5, 0.6) is 0 Å². The van der Waals surface area contributed by atoms with Gasteiger partial charge >= 0.3 is 5.43 Å². The monoisotopic (exact) mass is 135 g/mol. The lowest BCUT2D eigenvalue weighted by atomic mass is 10.2. The van der Waals surface area contributed by atoms with Gasteiger partial charge in [-0.2, -0.15) is 0 Å². The van der Waals surface area contributed by atoms with Crippen molar-refractivity contribution in [1.29, 1.82) is 0 Å². The van der Waals surface area contributed by atoms with Crippen LogP contribution in [-0.2, 0) is 4.74 Å². The molecule has 0 spiro atoms. The van der Waals surface area contributed by atoms with Gasteiger partial charge in [0.05, 0.1) is 6.92 Å². The van der Waals surface area contributed by atoms with Crippen molar-refractivity contribution in [3.63, 3.8) is 0 Å². The van der Waals surface area contributed by atoms with Crippen molar-refractivity contribution in [2.24, 2.45) is 5.92 Å². The van der Waals surface area contributed by atoms with E-state index in [1.807, 2.05) is 6.92 Å². The Morgan fingerprint density at radius 2 is 2.50 bits per heavy atom. The number of carbonyl (C=O) groups is 1. The second-order valence-electron chi connectivity index (χ2n) is 1.65. The van der Waals surface area contributed by atoms with E-state index in [9.17, 15) is 4.79 Å². The molecule has 0 aliphatic heterocycles. The summed E-state index contributed by atoms with van der Waals surface area (Å²) >= 11 is 4.83. The highest BCUT2D eigenvalue weighted by Crippen LogP contribution is 1.94. The van der Waals surface area contributed by atoms with Gasteiger partial charge in [0.15, 0.2) is 0 Å². The average Bonchev–Trinajstić information content (AvgIpc) is 1.61. The van der Waals surface area contributed by atoms with Gasteiger partial charge in [0.25, 0.3) is 0 Å². The molecule has 3 heteroatoms. The number of rotatable bonds is 2. The number of halogens is 1. The first-order valence-electron chi connectivity index (χ1n) is 2.28. The Labute approximate surface area is 53.8 Å². The summed E-state index contributed by atoms with van der Waals surface area (Å²) in [6, 6.07) is 0. The first-order valence-corrected chi connectivity index (χ1v) is 2.66. The smallest absolute Gasteiger partial charge is 0.403 e. The molecule has 2 nitrogen and oxygen atoms in total. The van der Waals surface area contributed by atoms with E-state index in [0.717, 1.165) is 0 Å². The Balaban J connectivity index is 3.05. The summed E-state index contributed by atoms with van der Waals surface area (Å²) in [5.41, 5.74) is -0.763. The molecule has 0 aromatic heterocycles. The lowest BCUT2D eigenvalue weighted by Crippen LogP contribution is -2.02. The fourth-order valence-electron chi connectivity index (χ4n) is 0.208. The van der Waals surface area contributed by atoms with E-state index in [-0.39, 0.29) is 5.92 Å². The quantitative estimate of drug-likeness (QED) is 0.427. The Hall–Kier alpha value is -0.370. The standard InChI is InChI=1S/C5H8ClO2/c1-4(2)3-8-5(6)7/h4H,1,3H2,2H3/q+1. The Bertz CT molecular complexity index is 80.5. The van der Waals surface area contributed by atoms with Crippen LogP contribution in [0, 0.1) is 12.8 Å². The van der Waals surface area contributed by atoms with Crippen LogP contribution in [0.25, 0.3) is 0 Å². The van der Waals surface area contributed by atoms with Crippen LogP contribution >= 0.6 is 11.6 Å². The van der Waals surface area contributed by atoms with E-state index in [2.05, 4.69) is 11.7 Å². The molecule has 0 heterocycles. The highest BCUT2D eigenvalue weighted by Gasteiger charge is 2.02. The molecular formula is C5H8ClO2+. The van der Waals surface area contributed by atoms with Crippen LogP contribution < -0.4 is 0 Å². The van der Waals surface area contributed by atoms with Crippen LogP contribution in [0.15, 0.2) is 0 Å². The molecule has 46 valence electrons. The third-order valence-electron chi connectivity index (χ3n) is 0.481. The van der Waals surface area contributed by atoms with Gasteiger partial charge in [-0.25, -0.2) is 4.79 Å². The molecule has 0 aliphatic rings. The first-order chi connectivity index (χ1) is 3.63. The molecule has 0 saturated heterocycles. The van der Waals surface area contributed by atoms with E-state index in [0.29, 0.717) is 6.61 Å². The van der Waals surface area contributed by atoms with Crippen molar-refractivity contribution < 1.29 is 9.53 Å². The zero-order valence-electron chi connectivity index (χ0n) is 4.69. The van der Waals surface area contributed by atoms with Gasteiger partial charge in [0.2, 0.25) is 0 Å². The van der Waals surface area contributed by atoms with Crippen LogP contribution in [0.1, 0.15) is 6.92 Å². The van der Waals surface area contributed by atoms with E-state index >= 15 is 0 Å². The summed E-state index contributed by atoms with van der Waals surface area (Å²) in [6.45, 7) is 5.70. The molecule has 1 atom stereocenters. The lowest BCUT2D eigenvalue weighted by molar-refractivity contribution is 0.163. The van der Waals surface area contributed by atoms with Gasteiger partial charge in [0.1, 0.15) is 12.5 Å². The van der Waals surface area contributed by atoms with Gasteiger partial charge in [-0.1, -0.05) is 0 Å². The Morgan fingerprint density at radius 1 is 2.00 bits per heavy atom. The van der Waals surface area contributed by atoms with E-state index in [1.54, 1.807) is 0 Å². The summed E-state index contributed by atoms with van der Waals surface area (Å²) in [4.78, 5) is 9.86. The zero-order chi connectivity index (χ0) is 6.57. The Kier molecular flexibility index (Phi) is 3.44. The van der Waals surface area contributed by atoms with E-state index < -0.39 is 5.43 Å². The van der Waals surface area contributed by atoms with Crippen molar-refractivity contribution in [2.75, 3.05) is 6.61 Å². The highest BCUT2D eigenvalue weighted by atomic mass is 35.5. The summed E-state index contributed by atoms with van der Waals surface area (Å²) in [5, 5.41) is 0. The van der Waals surface area contributed by atoms with Crippen molar-refractivity contribution in [3.05, 3.63) is 6.92 Å². The van der Waals surface area contributed by atoms with Gasteiger partial charge in [-0.15, -0.1) is 0 Å². The third kappa shape index (κ3) is 5.63. The largest absolute Gasteiger partial charge is 0.449 e. The summed E-state index contributed by atoms with van der Waals surface area (Å²) in [7, 11) is 0. The predicted octanol–water partition coefficient (Wildman–Crippen LogP) is 1.83. The van der Waals surface area contributed by atoms with Gasteiger partial charge in [-0.05, 0) is 6.92 Å². The molecule has 0 rings (SSSR count). The second kappa shape index (κ2) is 3.61. The second-order valence-corrected chi connectivity index (χ2v) is 1.96. The first kappa shape index (κ1) is 7.63. The molecule has 0 aromatic carbocycles. The molecule has 0 radical (unpaired) electrons. The molecule has 0 N–H and O–H groups in total. The number of hydrogen-bond acceptors (Lipinski definition) is 2. The molecule has 0 aromatic rings. The minimum absolute atomic E-state index is 0.109. The minimum atomic E-state index is -0.763.